The van der Waals surface area contributed by atoms with Gasteiger partial charge in [0, 0.05) is 23.6 Å². The van der Waals surface area contributed by atoms with Crippen LogP contribution in [0.3, 0.4) is 0 Å². The van der Waals surface area contributed by atoms with Crippen molar-refractivity contribution < 1.29 is 15.0 Å². The molecule has 5 rings (SSSR count). The van der Waals surface area contributed by atoms with Crippen molar-refractivity contribution in [2.75, 3.05) is 5.32 Å². The fourth-order valence-electron chi connectivity index (χ4n) is 4.17. The van der Waals surface area contributed by atoms with E-state index in [1.54, 1.807) is 41.1 Å². The first-order valence-electron chi connectivity index (χ1n) is 9.11. The Hall–Kier alpha value is -3.61. The van der Waals surface area contributed by atoms with Crippen LogP contribution in [0.2, 0.25) is 0 Å². The molecule has 28 heavy (non-hydrogen) atoms. The van der Waals surface area contributed by atoms with Gasteiger partial charge in [0.25, 0.3) is 0 Å². The topological polar surface area (TPSA) is 100 Å². The zero-order valence-electron chi connectivity index (χ0n) is 14.9. The van der Waals surface area contributed by atoms with Crippen molar-refractivity contribution in [1.82, 2.24) is 14.8 Å². The average molecular weight is 374 g/mol. The molecule has 0 radical (unpaired) electrons. The molecule has 0 saturated carbocycles. The maximum atomic E-state index is 13.2. The van der Waals surface area contributed by atoms with Gasteiger partial charge in [-0.05, 0) is 35.7 Å². The van der Waals surface area contributed by atoms with Crippen LogP contribution in [0.15, 0.2) is 66.1 Å². The Bertz CT molecular complexity index is 1100. The maximum absolute atomic E-state index is 13.2. The number of nitrogens with zero attached hydrogens (tertiary/aromatic N) is 3. The first kappa shape index (κ1) is 16.6. The maximum Gasteiger partial charge on any atom is 0.226 e. The SMILES string of the molecule is O=C1C[C@H](c2ccccc2O)CC2=C1[C@@H](c1ccc(O)cc1)n1ncnc1N2. The summed E-state index contributed by atoms with van der Waals surface area (Å²) in [6, 6.07) is 13.6. The second kappa shape index (κ2) is 6.23. The second-order valence-electron chi connectivity index (χ2n) is 7.13. The lowest BCUT2D eigenvalue weighted by molar-refractivity contribution is -0.116. The minimum atomic E-state index is -0.396. The minimum Gasteiger partial charge on any atom is -0.508 e. The van der Waals surface area contributed by atoms with Gasteiger partial charge in [-0.25, -0.2) is 4.68 Å². The van der Waals surface area contributed by atoms with E-state index < -0.39 is 6.04 Å². The molecule has 2 aliphatic rings. The van der Waals surface area contributed by atoms with Gasteiger partial charge in [0.1, 0.15) is 23.9 Å². The van der Waals surface area contributed by atoms with E-state index in [4.69, 9.17) is 0 Å². The molecule has 140 valence electrons. The summed E-state index contributed by atoms with van der Waals surface area (Å²) in [6.07, 6.45) is 2.37. The highest BCUT2D eigenvalue weighted by atomic mass is 16.3. The minimum absolute atomic E-state index is 0.0150. The molecular formula is C21H18N4O3. The third kappa shape index (κ3) is 2.55. The highest BCUT2D eigenvalue weighted by Gasteiger charge is 2.39. The standard InChI is InChI=1S/C21H18N4O3/c26-14-7-5-12(6-8-14)20-19-16(24-21-22-11-23-25(20)21)9-13(10-18(19)28)15-3-1-2-4-17(15)27/h1-8,11,13,20,26-27H,9-10H2,(H,22,23,24)/t13-,20-/m1/s1. The van der Waals surface area contributed by atoms with Gasteiger partial charge in [0.05, 0.1) is 0 Å². The van der Waals surface area contributed by atoms with Crippen molar-refractivity contribution in [2.24, 2.45) is 0 Å². The number of ketones is 1. The van der Waals surface area contributed by atoms with E-state index >= 15 is 0 Å². The lowest BCUT2D eigenvalue weighted by Crippen LogP contribution is -2.33. The number of carbonyl (C=O) groups excluding carboxylic acids is 1. The Morgan fingerprint density at radius 1 is 1.04 bits per heavy atom. The Morgan fingerprint density at radius 2 is 1.82 bits per heavy atom. The lowest BCUT2D eigenvalue weighted by atomic mass is 9.77. The monoisotopic (exact) mass is 374 g/mol. The lowest BCUT2D eigenvalue weighted by Gasteiger charge is -2.35. The van der Waals surface area contributed by atoms with Crippen molar-refractivity contribution in [1.29, 1.82) is 0 Å². The molecule has 1 aliphatic heterocycles. The Balaban J connectivity index is 1.61. The molecule has 3 N–H and O–H groups in total. The van der Waals surface area contributed by atoms with Crippen molar-refractivity contribution in [3.8, 4) is 11.5 Å². The van der Waals surface area contributed by atoms with Gasteiger partial charge in [-0.2, -0.15) is 10.1 Å². The smallest absolute Gasteiger partial charge is 0.226 e. The third-order valence-electron chi connectivity index (χ3n) is 5.45. The molecule has 0 saturated heterocycles. The summed E-state index contributed by atoms with van der Waals surface area (Å²) in [5.74, 6) is 0.859. The zero-order chi connectivity index (χ0) is 19.3. The fraction of sp³-hybridized carbons (Fsp3) is 0.190. The number of phenols is 2. The summed E-state index contributed by atoms with van der Waals surface area (Å²) in [5.41, 5.74) is 3.10. The Kier molecular flexibility index (Phi) is 3.68. The number of fused-ring (bicyclic) bond motifs is 1. The van der Waals surface area contributed by atoms with Crippen LogP contribution in [0.1, 0.15) is 35.9 Å². The van der Waals surface area contributed by atoms with Gasteiger partial charge in [-0.1, -0.05) is 30.3 Å². The summed E-state index contributed by atoms with van der Waals surface area (Å²) in [7, 11) is 0. The summed E-state index contributed by atoms with van der Waals surface area (Å²) in [6.45, 7) is 0. The number of para-hydroxylation sites is 1. The van der Waals surface area contributed by atoms with Gasteiger partial charge in [-0.15, -0.1) is 0 Å². The molecule has 3 aromatic rings. The molecule has 2 atom stereocenters. The fourth-order valence-corrected chi connectivity index (χ4v) is 4.17. The predicted molar refractivity (Wildman–Crippen MR) is 102 cm³/mol. The summed E-state index contributed by atoms with van der Waals surface area (Å²) < 4.78 is 1.70. The molecule has 2 heterocycles. The van der Waals surface area contributed by atoms with Crippen molar-refractivity contribution in [2.45, 2.75) is 24.8 Å². The number of Topliss-reactive ketones (excluding diaryl/α,β-unsaturated/α-hetero) is 1. The Labute approximate surface area is 161 Å². The predicted octanol–water partition coefficient (Wildman–Crippen LogP) is 3.11. The number of benzene rings is 2. The second-order valence-corrected chi connectivity index (χ2v) is 7.13. The number of anilines is 1. The molecular weight excluding hydrogens is 356 g/mol. The van der Waals surface area contributed by atoms with E-state index in [2.05, 4.69) is 15.4 Å². The molecule has 2 aromatic carbocycles. The molecule has 0 fully saturated rings. The Morgan fingerprint density at radius 3 is 2.61 bits per heavy atom. The van der Waals surface area contributed by atoms with Crippen molar-refractivity contribution >= 4 is 11.7 Å². The number of aromatic nitrogens is 3. The molecule has 0 spiro atoms. The molecule has 0 amide bonds. The van der Waals surface area contributed by atoms with E-state index in [9.17, 15) is 15.0 Å². The van der Waals surface area contributed by atoms with Gasteiger partial charge in [0.15, 0.2) is 5.78 Å². The van der Waals surface area contributed by atoms with E-state index in [1.807, 2.05) is 12.1 Å². The molecule has 1 aromatic heterocycles. The van der Waals surface area contributed by atoms with Crippen LogP contribution in [0, 0.1) is 0 Å². The molecule has 7 nitrogen and oxygen atoms in total. The van der Waals surface area contributed by atoms with Crippen LogP contribution in [0.5, 0.6) is 11.5 Å². The first-order valence-corrected chi connectivity index (χ1v) is 9.11. The quantitative estimate of drug-likeness (QED) is 0.637. The van der Waals surface area contributed by atoms with Gasteiger partial charge in [0.2, 0.25) is 5.95 Å². The summed E-state index contributed by atoms with van der Waals surface area (Å²) in [4.78, 5) is 17.5. The van der Waals surface area contributed by atoms with Gasteiger partial charge in [-0.3, -0.25) is 4.79 Å². The number of aromatic hydroxyl groups is 2. The van der Waals surface area contributed by atoms with E-state index in [0.717, 1.165) is 16.8 Å². The van der Waals surface area contributed by atoms with Crippen LogP contribution in [0.4, 0.5) is 5.95 Å². The third-order valence-corrected chi connectivity index (χ3v) is 5.45. The van der Waals surface area contributed by atoms with Crippen LogP contribution in [-0.2, 0) is 4.79 Å². The average Bonchev–Trinajstić information content (AvgIpc) is 3.15. The van der Waals surface area contributed by atoms with E-state index in [-0.39, 0.29) is 23.2 Å². The first-order chi connectivity index (χ1) is 13.6. The van der Waals surface area contributed by atoms with Crippen LogP contribution in [-0.4, -0.2) is 30.8 Å². The highest BCUT2D eigenvalue weighted by Crippen LogP contribution is 2.45. The summed E-state index contributed by atoms with van der Waals surface area (Å²) >= 11 is 0. The number of hydrogen-bond acceptors (Lipinski definition) is 6. The number of allylic oxidation sites excluding steroid dienone is 2. The van der Waals surface area contributed by atoms with Crippen molar-refractivity contribution in [3.63, 3.8) is 0 Å². The van der Waals surface area contributed by atoms with Crippen LogP contribution in [0.25, 0.3) is 0 Å². The van der Waals surface area contributed by atoms with Crippen LogP contribution < -0.4 is 5.32 Å². The molecule has 0 unspecified atom stereocenters. The van der Waals surface area contributed by atoms with E-state index in [0.29, 0.717) is 24.4 Å². The number of hydrogen-bond donors (Lipinski definition) is 3. The number of nitrogens with one attached hydrogen (secondary N) is 1. The largest absolute Gasteiger partial charge is 0.508 e. The van der Waals surface area contributed by atoms with E-state index in [1.165, 1.54) is 6.33 Å². The normalized spacial score (nSPS) is 21.1. The van der Waals surface area contributed by atoms with Crippen molar-refractivity contribution in [3.05, 3.63) is 77.3 Å². The van der Waals surface area contributed by atoms with Crippen LogP contribution >= 0.6 is 0 Å². The molecule has 0 bridgehead atoms. The number of rotatable bonds is 2. The van der Waals surface area contributed by atoms with Gasteiger partial charge < -0.3 is 15.5 Å². The van der Waals surface area contributed by atoms with Gasteiger partial charge >= 0.3 is 0 Å². The zero-order valence-corrected chi connectivity index (χ0v) is 14.9. The highest BCUT2D eigenvalue weighted by molar-refractivity contribution is 6.00. The molecule has 1 aliphatic carbocycles. The summed E-state index contributed by atoms with van der Waals surface area (Å²) in [5, 5.41) is 27.4. The molecule has 7 heteroatoms. The number of phenolic OH excluding ortho intramolecular Hbond substituents is 2. The number of carbonyl (C=O) groups is 1.